The SMILES string of the molecule is Cn1ccnc1CCOc1ccc2c(c1)C(O)CCC2. The topological polar surface area (TPSA) is 47.3 Å². The van der Waals surface area contributed by atoms with Gasteiger partial charge in [-0.25, -0.2) is 4.98 Å². The zero-order valence-electron chi connectivity index (χ0n) is 11.7. The normalized spacial score (nSPS) is 17.8. The van der Waals surface area contributed by atoms with E-state index in [1.165, 1.54) is 5.56 Å². The lowest BCUT2D eigenvalue weighted by atomic mass is 9.89. The summed E-state index contributed by atoms with van der Waals surface area (Å²) in [6.07, 6.45) is 7.15. The summed E-state index contributed by atoms with van der Waals surface area (Å²) in [6, 6.07) is 6.06. The third-order valence-electron chi connectivity index (χ3n) is 3.92. The highest BCUT2D eigenvalue weighted by molar-refractivity contribution is 5.38. The van der Waals surface area contributed by atoms with Gasteiger partial charge in [-0.15, -0.1) is 0 Å². The number of fused-ring (bicyclic) bond motifs is 1. The van der Waals surface area contributed by atoms with E-state index >= 15 is 0 Å². The second-order valence-electron chi connectivity index (χ2n) is 5.32. The molecule has 1 N–H and O–H groups in total. The monoisotopic (exact) mass is 272 g/mol. The van der Waals surface area contributed by atoms with Crippen molar-refractivity contribution >= 4 is 0 Å². The molecule has 4 heteroatoms. The Bertz CT molecular complexity index is 592. The van der Waals surface area contributed by atoms with E-state index in [1.807, 2.05) is 29.9 Å². The number of aryl methyl sites for hydroxylation is 2. The second kappa shape index (κ2) is 5.67. The Kier molecular flexibility index (Phi) is 3.74. The molecule has 1 aliphatic carbocycles. The van der Waals surface area contributed by atoms with Crippen LogP contribution in [0.2, 0.25) is 0 Å². The average Bonchev–Trinajstić information content (AvgIpc) is 2.85. The Morgan fingerprint density at radius 1 is 1.45 bits per heavy atom. The van der Waals surface area contributed by atoms with Crippen molar-refractivity contribution in [1.82, 2.24) is 9.55 Å². The van der Waals surface area contributed by atoms with Crippen LogP contribution in [0, 0.1) is 0 Å². The summed E-state index contributed by atoms with van der Waals surface area (Å²) < 4.78 is 7.78. The van der Waals surface area contributed by atoms with E-state index in [4.69, 9.17) is 4.74 Å². The maximum Gasteiger partial charge on any atom is 0.119 e. The molecule has 1 heterocycles. The van der Waals surface area contributed by atoms with Gasteiger partial charge in [-0.2, -0.15) is 0 Å². The molecule has 0 fully saturated rings. The van der Waals surface area contributed by atoms with Crippen molar-refractivity contribution in [3.63, 3.8) is 0 Å². The van der Waals surface area contributed by atoms with Gasteiger partial charge in [-0.1, -0.05) is 6.07 Å². The quantitative estimate of drug-likeness (QED) is 0.929. The first-order valence-electron chi connectivity index (χ1n) is 7.14. The maximum absolute atomic E-state index is 10.0. The molecule has 4 nitrogen and oxygen atoms in total. The number of nitrogens with zero attached hydrogens (tertiary/aromatic N) is 2. The van der Waals surface area contributed by atoms with Gasteiger partial charge in [-0.3, -0.25) is 0 Å². The average molecular weight is 272 g/mol. The third kappa shape index (κ3) is 2.70. The highest BCUT2D eigenvalue weighted by Gasteiger charge is 2.18. The molecule has 3 rings (SSSR count). The van der Waals surface area contributed by atoms with Gasteiger partial charge in [0.1, 0.15) is 11.6 Å². The molecular formula is C16H20N2O2. The fourth-order valence-electron chi connectivity index (χ4n) is 2.74. The van der Waals surface area contributed by atoms with Gasteiger partial charge in [0.25, 0.3) is 0 Å². The second-order valence-corrected chi connectivity index (χ2v) is 5.32. The Hall–Kier alpha value is -1.81. The summed E-state index contributed by atoms with van der Waals surface area (Å²) in [6.45, 7) is 0.597. The molecule has 1 unspecified atom stereocenters. The smallest absolute Gasteiger partial charge is 0.119 e. The molecule has 2 aromatic rings. The summed E-state index contributed by atoms with van der Waals surface area (Å²) in [5, 5.41) is 10.0. The van der Waals surface area contributed by atoms with Crippen LogP contribution >= 0.6 is 0 Å². The van der Waals surface area contributed by atoms with E-state index in [1.54, 1.807) is 6.20 Å². The number of ether oxygens (including phenoxy) is 1. The van der Waals surface area contributed by atoms with Gasteiger partial charge in [-0.05, 0) is 42.5 Å². The molecule has 0 saturated heterocycles. The molecule has 106 valence electrons. The Morgan fingerprint density at radius 2 is 2.35 bits per heavy atom. The molecule has 1 aliphatic rings. The van der Waals surface area contributed by atoms with Crippen molar-refractivity contribution in [2.24, 2.45) is 7.05 Å². The van der Waals surface area contributed by atoms with Gasteiger partial charge < -0.3 is 14.4 Å². The maximum atomic E-state index is 10.0. The van der Waals surface area contributed by atoms with Crippen LogP contribution in [0.1, 0.15) is 35.9 Å². The van der Waals surface area contributed by atoms with E-state index < -0.39 is 0 Å². The highest BCUT2D eigenvalue weighted by Crippen LogP contribution is 2.32. The van der Waals surface area contributed by atoms with Crippen LogP contribution in [0.3, 0.4) is 0 Å². The van der Waals surface area contributed by atoms with Gasteiger partial charge >= 0.3 is 0 Å². The van der Waals surface area contributed by atoms with Crippen LogP contribution in [0.25, 0.3) is 0 Å². The minimum absolute atomic E-state index is 0.336. The number of aromatic nitrogens is 2. The van der Waals surface area contributed by atoms with Gasteiger partial charge in [0.05, 0.1) is 12.7 Å². The van der Waals surface area contributed by atoms with Crippen molar-refractivity contribution in [2.45, 2.75) is 31.8 Å². The van der Waals surface area contributed by atoms with Crippen LogP contribution in [-0.4, -0.2) is 21.3 Å². The number of benzene rings is 1. The van der Waals surface area contributed by atoms with Crippen molar-refractivity contribution in [3.8, 4) is 5.75 Å². The van der Waals surface area contributed by atoms with Crippen LogP contribution in [-0.2, 0) is 19.9 Å². The molecule has 1 atom stereocenters. The van der Waals surface area contributed by atoms with Crippen molar-refractivity contribution in [2.75, 3.05) is 6.61 Å². The predicted octanol–water partition coefficient (Wildman–Crippen LogP) is 2.41. The van der Waals surface area contributed by atoms with E-state index in [2.05, 4.69) is 11.1 Å². The molecule has 0 spiro atoms. The molecule has 1 aromatic heterocycles. The van der Waals surface area contributed by atoms with Crippen LogP contribution in [0.15, 0.2) is 30.6 Å². The van der Waals surface area contributed by atoms with Crippen molar-refractivity contribution in [3.05, 3.63) is 47.5 Å². The minimum atomic E-state index is -0.336. The summed E-state index contributed by atoms with van der Waals surface area (Å²) in [4.78, 5) is 4.27. The Labute approximate surface area is 119 Å². The summed E-state index contributed by atoms with van der Waals surface area (Å²) in [7, 11) is 1.98. The highest BCUT2D eigenvalue weighted by atomic mass is 16.5. The van der Waals surface area contributed by atoms with Crippen LogP contribution in [0.4, 0.5) is 0 Å². The van der Waals surface area contributed by atoms with Crippen molar-refractivity contribution < 1.29 is 9.84 Å². The van der Waals surface area contributed by atoms with Gasteiger partial charge in [0.15, 0.2) is 0 Å². The molecule has 20 heavy (non-hydrogen) atoms. The minimum Gasteiger partial charge on any atom is -0.493 e. The standard InChI is InChI=1S/C16H20N2O2/c1-18-9-8-17-16(18)7-10-20-13-6-5-12-3-2-4-15(19)14(12)11-13/h5-6,8-9,11,15,19H,2-4,7,10H2,1H3. The summed E-state index contributed by atoms with van der Waals surface area (Å²) >= 11 is 0. The number of aliphatic hydroxyl groups is 1. The van der Waals surface area contributed by atoms with Crippen LogP contribution in [0.5, 0.6) is 5.75 Å². The number of hydrogen-bond acceptors (Lipinski definition) is 3. The molecule has 0 bridgehead atoms. The van der Waals surface area contributed by atoms with E-state index in [-0.39, 0.29) is 6.10 Å². The molecule has 0 radical (unpaired) electrons. The number of rotatable bonds is 4. The van der Waals surface area contributed by atoms with E-state index in [0.29, 0.717) is 6.61 Å². The molecule has 1 aromatic carbocycles. The first-order valence-corrected chi connectivity index (χ1v) is 7.14. The molecular weight excluding hydrogens is 252 g/mol. The number of hydrogen-bond donors (Lipinski definition) is 1. The van der Waals surface area contributed by atoms with Crippen molar-refractivity contribution in [1.29, 1.82) is 0 Å². The fraction of sp³-hybridized carbons (Fsp3) is 0.438. The molecule has 0 amide bonds. The lowest BCUT2D eigenvalue weighted by Crippen LogP contribution is -2.10. The largest absolute Gasteiger partial charge is 0.493 e. The zero-order valence-corrected chi connectivity index (χ0v) is 11.7. The Balaban J connectivity index is 1.63. The summed E-state index contributed by atoms with van der Waals surface area (Å²) in [5.41, 5.74) is 2.28. The first kappa shape index (κ1) is 13.2. The lowest BCUT2D eigenvalue weighted by Gasteiger charge is -2.22. The lowest BCUT2D eigenvalue weighted by molar-refractivity contribution is 0.156. The summed E-state index contributed by atoms with van der Waals surface area (Å²) in [5.74, 6) is 1.85. The first-order chi connectivity index (χ1) is 9.74. The number of aliphatic hydroxyl groups excluding tert-OH is 1. The van der Waals surface area contributed by atoms with E-state index in [9.17, 15) is 5.11 Å². The fourth-order valence-corrected chi connectivity index (χ4v) is 2.74. The Morgan fingerprint density at radius 3 is 3.15 bits per heavy atom. The predicted molar refractivity (Wildman–Crippen MR) is 76.7 cm³/mol. The van der Waals surface area contributed by atoms with Gasteiger partial charge in [0, 0.05) is 25.9 Å². The van der Waals surface area contributed by atoms with E-state index in [0.717, 1.165) is 42.8 Å². The number of imidazole rings is 1. The van der Waals surface area contributed by atoms with Gasteiger partial charge in [0.2, 0.25) is 0 Å². The molecule has 0 saturated carbocycles. The van der Waals surface area contributed by atoms with Crippen LogP contribution < -0.4 is 4.74 Å². The zero-order chi connectivity index (χ0) is 13.9. The molecule has 0 aliphatic heterocycles. The third-order valence-corrected chi connectivity index (χ3v) is 3.92.